The molecule has 0 saturated carbocycles. The van der Waals surface area contributed by atoms with Crippen molar-refractivity contribution >= 4 is 6.29 Å². The zero-order valence-corrected chi connectivity index (χ0v) is 9.17. The molecule has 0 unspecified atom stereocenters. The summed E-state index contributed by atoms with van der Waals surface area (Å²) in [4.78, 5) is 10.0. The lowest BCUT2D eigenvalue weighted by Gasteiger charge is -1.88. The van der Waals surface area contributed by atoms with E-state index in [9.17, 15) is 4.79 Å². The van der Waals surface area contributed by atoms with Crippen molar-refractivity contribution in [2.24, 2.45) is 0 Å². The van der Waals surface area contributed by atoms with Crippen molar-refractivity contribution in [1.82, 2.24) is 0 Å². The van der Waals surface area contributed by atoms with Crippen LogP contribution in [0.4, 0.5) is 0 Å². The largest absolute Gasteiger partial charge is 0.508 e. The molecule has 1 heterocycles. The predicted molar refractivity (Wildman–Crippen MR) is 64.3 cm³/mol. The minimum atomic E-state index is 0.181. The normalized spacial score (nSPS) is 11.1. The van der Waals surface area contributed by atoms with Crippen LogP contribution in [0.1, 0.15) is 15.9 Å². The number of carbonyl (C=O) groups excluding carboxylic acids is 1. The fourth-order valence-electron chi connectivity index (χ4n) is 1.44. The molecular weight excluding hydrogens is 216 g/mol. The lowest BCUT2D eigenvalue weighted by molar-refractivity contribution is 0.112. The van der Waals surface area contributed by atoms with Crippen molar-refractivity contribution in [1.29, 1.82) is 0 Å². The van der Waals surface area contributed by atoms with E-state index in [0.29, 0.717) is 5.56 Å². The standard InChI is InChI=1S/C7H6O2.C7H6O/c8-5-6-1-3-7(9)4-2-6;1-2-6-4-7(3-1)8-5-6/h1-5,9H;1-4H,5H2. The van der Waals surface area contributed by atoms with Crippen LogP contribution in [0, 0.1) is 0 Å². The van der Waals surface area contributed by atoms with Gasteiger partial charge in [-0.25, -0.2) is 0 Å². The SMILES string of the molecule is O=Cc1ccc(O)cc1.c1cc2cc(c1)OC2. The van der Waals surface area contributed by atoms with Crippen molar-refractivity contribution in [2.45, 2.75) is 6.61 Å². The fraction of sp³-hybridized carbons (Fsp3) is 0.0714. The number of fused-ring (bicyclic) bond motifs is 2. The molecule has 17 heavy (non-hydrogen) atoms. The van der Waals surface area contributed by atoms with Crippen molar-refractivity contribution in [2.75, 3.05) is 0 Å². The van der Waals surface area contributed by atoms with Gasteiger partial charge in [-0.3, -0.25) is 4.79 Å². The molecule has 3 nitrogen and oxygen atoms in total. The summed E-state index contributed by atoms with van der Waals surface area (Å²) in [5.74, 6) is 1.18. The van der Waals surface area contributed by atoms with Gasteiger partial charge in [0.25, 0.3) is 0 Å². The highest BCUT2D eigenvalue weighted by atomic mass is 16.5. The maximum atomic E-state index is 10.0. The van der Waals surface area contributed by atoms with Gasteiger partial charge in [0.15, 0.2) is 0 Å². The van der Waals surface area contributed by atoms with Crippen LogP contribution in [-0.2, 0) is 6.61 Å². The molecule has 3 rings (SSSR count). The molecule has 0 spiro atoms. The first-order chi connectivity index (χ1) is 8.28. The third-order valence-corrected chi connectivity index (χ3v) is 2.33. The molecule has 1 aliphatic heterocycles. The molecule has 2 aromatic carbocycles. The lowest BCUT2D eigenvalue weighted by atomic mass is 10.2. The molecule has 0 amide bonds. The molecular formula is C14H12O3. The van der Waals surface area contributed by atoms with Gasteiger partial charge in [0.2, 0.25) is 0 Å². The third kappa shape index (κ3) is 3.08. The van der Waals surface area contributed by atoms with Gasteiger partial charge in [-0.1, -0.05) is 12.1 Å². The Hall–Kier alpha value is -2.29. The number of benzene rings is 2. The monoisotopic (exact) mass is 228 g/mol. The Kier molecular flexibility index (Phi) is 3.40. The van der Waals surface area contributed by atoms with Crippen LogP contribution >= 0.6 is 0 Å². The molecule has 0 aromatic heterocycles. The van der Waals surface area contributed by atoms with Gasteiger partial charge in [0.1, 0.15) is 24.4 Å². The third-order valence-electron chi connectivity index (χ3n) is 2.33. The van der Waals surface area contributed by atoms with Crippen LogP contribution in [0.5, 0.6) is 11.5 Å². The maximum Gasteiger partial charge on any atom is 0.150 e. The summed E-state index contributed by atoms with van der Waals surface area (Å²) < 4.78 is 5.18. The Bertz CT molecular complexity index is 484. The number of ether oxygens (including phenoxy) is 1. The molecule has 0 atom stereocenters. The summed E-state index contributed by atoms with van der Waals surface area (Å²) >= 11 is 0. The number of phenolic OH excluding ortho intramolecular Hbond substituents is 1. The second-order valence-corrected chi connectivity index (χ2v) is 3.65. The van der Waals surface area contributed by atoms with Gasteiger partial charge in [-0.05, 0) is 42.0 Å². The van der Waals surface area contributed by atoms with E-state index in [0.717, 1.165) is 18.6 Å². The minimum Gasteiger partial charge on any atom is -0.508 e. The van der Waals surface area contributed by atoms with Crippen molar-refractivity contribution in [3.8, 4) is 11.5 Å². The first-order valence-corrected chi connectivity index (χ1v) is 5.24. The zero-order valence-electron chi connectivity index (χ0n) is 9.17. The molecule has 0 aliphatic carbocycles. The topological polar surface area (TPSA) is 46.5 Å². The highest BCUT2D eigenvalue weighted by Crippen LogP contribution is 2.20. The highest BCUT2D eigenvalue weighted by Gasteiger charge is 2.03. The molecule has 0 fully saturated rings. The maximum absolute atomic E-state index is 10.0. The number of aldehydes is 1. The Labute approximate surface area is 99.3 Å². The second-order valence-electron chi connectivity index (χ2n) is 3.65. The quantitative estimate of drug-likeness (QED) is 0.763. The molecule has 2 bridgehead atoms. The van der Waals surface area contributed by atoms with Gasteiger partial charge in [-0.15, -0.1) is 0 Å². The molecule has 2 aromatic rings. The summed E-state index contributed by atoms with van der Waals surface area (Å²) in [6.07, 6.45) is 0.736. The van der Waals surface area contributed by atoms with E-state index in [1.54, 1.807) is 12.1 Å². The van der Waals surface area contributed by atoms with Crippen LogP contribution in [0.2, 0.25) is 0 Å². The van der Waals surface area contributed by atoms with Crippen molar-refractivity contribution < 1.29 is 14.6 Å². The van der Waals surface area contributed by atoms with Crippen molar-refractivity contribution in [3.05, 3.63) is 59.7 Å². The molecule has 1 N–H and O–H groups in total. The summed E-state index contributed by atoms with van der Waals surface area (Å²) in [6.45, 7) is 0.766. The van der Waals surface area contributed by atoms with Crippen LogP contribution in [0.25, 0.3) is 0 Å². The molecule has 3 heteroatoms. The van der Waals surface area contributed by atoms with Gasteiger partial charge in [0, 0.05) is 5.56 Å². The number of carbonyl (C=O) groups is 1. The first kappa shape index (κ1) is 11.2. The minimum absolute atomic E-state index is 0.181. The van der Waals surface area contributed by atoms with E-state index < -0.39 is 0 Å². The van der Waals surface area contributed by atoms with Gasteiger partial charge < -0.3 is 9.84 Å². The van der Waals surface area contributed by atoms with E-state index >= 15 is 0 Å². The van der Waals surface area contributed by atoms with Gasteiger partial charge in [0.05, 0.1) is 0 Å². The van der Waals surface area contributed by atoms with Gasteiger partial charge >= 0.3 is 0 Å². The lowest BCUT2D eigenvalue weighted by Crippen LogP contribution is -1.80. The van der Waals surface area contributed by atoms with E-state index in [4.69, 9.17) is 9.84 Å². The summed E-state index contributed by atoms with van der Waals surface area (Å²) in [6, 6.07) is 14.2. The van der Waals surface area contributed by atoms with E-state index in [1.165, 1.54) is 17.7 Å². The Morgan fingerprint density at radius 3 is 2.47 bits per heavy atom. The van der Waals surface area contributed by atoms with Crippen molar-refractivity contribution in [3.63, 3.8) is 0 Å². The smallest absolute Gasteiger partial charge is 0.150 e. The van der Waals surface area contributed by atoms with E-state index in [1.807, 2.05) is 12.1 Å². The summed E-state index contributed by atoms with van der Waals surface area (Å²) in [5, 5.41) is 8.74. The highest BCUT2D eigenvalue weighted by molar-refractivity contribution is 5.74. The molecule has 86 valence electrons. The second kappa shape index (κ2) is 5.16. The van der Waals surface area contributed by atoms with E-state index in [-0.39, 0.29) is 5.75 Å². The van der Waals surface area contributed by atoms with Crippen LogP contribution in [0.15, 0.2) is 48.5 Å². The molecule has 0 saturated heterocycles. The van der Waals surface area contributed by atoms with Crippen LogP contribution in [-0.4, -0.2) is 11.4 Å². The van der Waals surface area contributed by atoms with Crippen LogP contribution in [0.3, 0.4) is 0 Å². The predicted octanol–water partition coefficient (Wildman–Crippen LogP) is 2.78. The molecule has 0 radical (unpaired) electrons. The summed E-state index contributed by atoms with van der Waals surface area (Å²) in [5.41, 5.74) is 1.86. The number of rotatable bonds is 1. The summed E-state index contributed by atoms with van der Waals surface area (Å²) in [7, 11) is 0. The number of hydrogen-bond acceptors (Lipinski definition) is 3. The number of phenols is 1. The zero-order chi connectivity index (χ0) is 12.1. The van der Waals surface area contributed by atoms with Crippen LogP contribution < -0.4 is 4.74 Å². The number of hydrogen-bond donors (Lipinski definition) is 1. The Morgan fingerprint density at radius 2 is 1.88 bits per heavy atom. The Balaban J connectivity index is 0.000000127. The fourth-order valence-corrected chi connectivity index (χ4v) is 1.44. The molecule has 1 aliphatic rings. The van der Waals surface area contributed by atoms with Gasteiger partial charge in [-0.2, -0.15) is 0 Å². The average molecular weight is 228 g/mol. The Morgan fingerprint density at radius 1 is 1.12 bits per heavy atom. The first-order valence-electron chi connectivity index (χ1n) is 5.24. The average Bonchev–Trinajstić information content (AvgIpc) is 2.70. The van der Waals surface area contributed by atoms with E-state index in [2.05, 4.69) is 12.1 Å². The number of aromatic hydroxyl groups is 1.